The summed E-state index contributed by atoms with van der Waals surface area (Å²) in [7, 11) is 3.42. The number of para-hydroxylation sites is 1. The number of carbonyl (C=O) groups excluding carboxylic acids is 2. The SMILES string of the molecule is COC(=O)c1c(NC(=O)c2cc(-c3ccccc3)nc3ccccc23)sc2c1CCN(C)C2. The minimum atomic E-state index is -0.420. The minimum absolute atomic E-state index is 0.275. The molecule has 0 unspecified atom stereocenters. The smallest absolute Gasteiger partial charge is 0.341 e. The van der Waals surface area contributed by atoms with E-state index in [9.17, 15) is 9.59 Å². The highest BCUT2D eigenvalue weighted by Gasteiger charge is 2.29. The fourth-order valence-corrected chi connectivity index (χ4v) is 5.54. The summed E-state index contributed by atoms with van der Waals surface area (Å²) in [6.45, 7) is 1.60. The van der Waals surface area contributed by atoms with Gasteiger partial charge < -0.3 is 15.0 Å². The third-order valence-corrected chi connectivity index (χ3v) is 7.03. The van der Waals surface area contributed by atoms with Crippen LogP contribution in [-0.2, 0) is 17.7 Å². The van der Waals surface area contributed by atoms with Crippen molar-refractivity contribution in [1.82, 2.24) is 9.88 Å². The number of pyridine rings is 1. The lowest BCUT2D eigenvalue weighted by Gasteiger charge is -2.22. The molecule has 0 aliphatic carbocycles. The van der Waals surface area contributed by atoms with Crippen LogP contribution < -0.4 is 5.32 Å². The lowest BCUT2D eigenvalue weighted by molar-refractivity contribution is 0.0600. The molecule has 2 aromatic carbocycles. The van der Waals surface area contributed by atoms with Crippen molar-refractivity contribution in [2.24, 2.45) is 0 Å². The van der Waals surface area contributed by atoms with Crippen LogP contribution in [0, 0.1) is 0 Å². The molecule has 7 heteroatoms. The number of ether oxygens (including phenoxy) is 1. The number of nitrogens with zero attached hydrogens (tertiary/aromatic N) is 2. The van der Waals surface area contributed by atoms with Gasteiger partial charge in [-0.05, 0) is 31.2 Å². The average molecular weight is 458 g/mol. The number of likely N-dealkylation sites (N-methyl/N-ethyl adjacent to an activating group) is 1. The molecular formula is C26H23N3O3S. The van der Waals surface area contributed by atoms with Crippen LogP contribution in [0.15, 0.2) is 60.7 Å². The molecule has 1 amide bonds. The molecule has 0 spiro atoms. The molecule has 5 rings (SSSR count). The number of hydrogen-bond donors (Lipinski definition) is 1. The number of esters is 1. The third kappa shape index (κ3) is 4.01. The zero-order valence-electron chi connectivity index (χ0n) is 18.4. The van der Waals surface area contributed by atoms with Crippen LogP contribution in [-0.4, -0.2) is 42.5 Å². The van der Waals surface area contributed by atoms with E-state index in [1.165, 1.54) is 18.4 Å². The van der Waals surface area contributed by atoms with Crippen LogP contribution in [0.4, 0.5) is 5.00 Å². The van der Waals surface area contributed by atoms with Crippen molar-refractivity contribution in [3.8, 4) is 11.3 Å². The van der Waals surface area contributed by atoms with Crippen LogP contribution in [0.3, 0.4) is 0 Å². The van der Waals surface area contributed by atoms with E-state index in [4.69, 9.17) is 9.72 Å². The fraction of sp³-hybridized carbons (Fsp3) is 0.192. The van der Waals surface area contributed by atoms with Crippen molar-refractivity contribution in [3.63, 3.8) is 0 Å². The average Bonchev–Trinajstić information content (AvgIpc) is 3.20. The van der Waals surface area contributed by atoms with E-state index >= 15 is 0 Å². The van der Waals surface area contributed by atoms with Gasteiger partial charge in [0.2, 0.25) is 0 Å². The Labute approximate surface area is 195 Å². The standard InChI is InChI=1S/C26H23N3O3S/c1-29-13-12-18-22(15-29)33-25(23(18)26(31)32-2)28-24(30)19-14-21(16-8-4-3-5-9-16)27-20-11-7-6-10-17(19)20/h3-11,14H,12-13,15H2,1-2H3,(H,28,30). The molecule has 166 valence electrons. The molecule has 6 nitrogen and oxygen atoms in total. The molecule has 0 bridgehead atoms. The number of amides is 1. The summed E-state index contributed by atoms with van der Waals surface area (Å²) < 4.78 is 5.06. The van der Waals surface area contributed by atoms with Crippen molar-refractivity contribution in [3.05, 3.63) is 82.2 Å². The number of anilines is 1. The van der Waals surface area contributed by atoms with Crippen molar-refractivity contribution in [2.75, 3.05) is 26.0 Å². The van der Waals surface area contributed by atoms with Crippen LogP contribution in [0.1, 0.15) is 31.2 Å². The molecule has 0 saturated carbocycles. The van der Waals surface area contributed by atoms with Gasteiger partial charge in [0, 0.05) is 28.9 Å². The second-order valence-electron chi connectivity index (χ2n) is 8.08. The molecule has 0 radical (unpaired) electrons. The molecule has 1 aliphatic heterocycles. The Hall–Kier alpha value is -3.55. The first-order chi connectivity index (χ1) is 16.0. The zero-order valence-corrected chi connectivity index (χ0v) is 19.2. The zero-order chi connectivity index (χ0) is 22.9. The predicted octanol–water partition coefficient (Wildman–Crippen LogP) is 4.99. The Morgan fingerprint density at radius 1 is 1.09 bits per heavy atom. The Kier molecular flexibility index (Phi) is 5.66. The largest absolute Gasteiger partial charge is 0.465 e. The van der Waals surface area contributed by atoms with Crippen molar-refractivity contribution >= 4 is 39.1 Å². The Balaban J connectivity index is 1.59. The topological polar surface area (TPSA) is 71.5 Å². The number of thiophene rings is 1. The number of methoxy groups -OCH3 is 1. The quantitative estimate of drug-likeness (QED) is 0.437. The van der Waals surface area contributed by atoms with E-state index in [-0.39, 0.29) is 5.91 Å². The van der Waals surface area contributed by atoms with E-state index in [0.717, 1.165) is 52.1 Å². The van der Waals surface area contributed by atoms with E-state index < -0.39 is 5.97 Å². The lowest BCUT2D eigenvalue weighted by Crippen LogP contribution is -2.26. The van der Waals surface area contributed by atoms with E-state index in [1.807, 2.05) is 67.7 Å². The minimum Gasteiger partial charge on any atom is -0.465 e. The van der Waals surface area contributed by atoms with Gasteiger partial charge >= 0.3 is 5.97 Å². The summed E-state index contributed by atoms with van der Waals surface area (Å²) in [5, 5.41) is 4.31. The number of aromatic nitrogens is 1. The molecule has 3 heterocycles. The van der Waals surface area contributed by atoms with Gasteiger partial charge in [0.1, 0.15) is 5.00 Å². The first-order valence-electron chi connectivity index (χ1n) is 10.7. The molecule has 0 fully saturated rings. The molecule has 2 aromatic heterocycles. The molecule has 0 atom stereocenters. The Bertz CT molecular complexity index is 1360. The van der Waals surface area contributed by atoms with E-state index in [1.54, 1.807) is 0 Å². The number of fused-ring (bicyclic) bond motifs is 2. The predicted molar refractivity (Wildman–Crippen MR) is 131 cm³/mol. The third-order valence-electron chi connectivity index (χ3n) is 5.89. The van der Waals surface area contributed by atoms with E-state index in [2.05, 4.69) is 10.2 Å². The lowest BCUT2D eigenvalue weighted by atomic mass is 10.0. The van der Waals surface area contributed by atoms with Crippen molar-refractivity contribution in [1.29, 1.82) is 0 Å². The number of benzene rings is 2. The van der Waals surface area contributed by atoms with Gasteiger partial charge in [0.25, 0.3) is 5.91 Å². The number of nitrogens with one attached hydrogen (secondary N) is 1. The molecule has 0 saturated heterocycles. The monoisotopic (exact) mass is 457 g/mol. The van der Waals surface area contributed by atoms with Gasteiger partial charge in [-0.2, -0.15) is 0 Å². The van der Waals surface area contributed by atoms with Gasteiger partial charge in [0.15, 0.2) is 0 Å². The van der Waals surface area contributed by atoms with Gasteiger partial charge in [-0.25, -0.2) is 9.78 Å². The maximum Gasteiger partial charge on any atom is 0.341 e. The van der Waals surface area contributed by atoms with Crippen LogP contribution in [0.5, 0.6) is 0 Å². The summed E-state index contributed by atoms with van der Waals surface area (Å²) in [6, 6.07) is 19.2. The molecular weight excluding hydrogens is 434 g/mol. The molecule has 1 aliphatic rings. The number of hydrogen-bond acceptors (Lipinski definition) is 6. The summed E-state index contributed by atoms with van der Waals surface area (Å²) in [5.74, 6) is -0.695. The Morgan fingerprint density at radius 2 is 1.85 bits per heavy atom. The molecule has 33 heavy (non-hydrogen) atoms. The maximum atomic E-state index is 13.6. The van der Waals surface area contributed by atoms with Gasteiger partial charge in [-0.3, -0.25) is 4.79 Å². The van der Waals surface area contributed by atoms with Gasteiger partial charge in [0.05, 0.1) is 29.4 Å². The highest BCUT2D eigenvalue weighted by atomic mass is 32.1. The summed E-state index contributed by atoms with van der Waals surface area (Å²) in [4.78, 5) is 34.2. The van der Waals surface area contributed by atoms with Crippen molar-refractivity contribution < 1.29 is 14.3 Å². The molecule has 4 aromatic rings. The fourth-order valence-electron chi connectivity index (χ4n) is 4.23. The van der Waals surface area contributed by atoms with Crippen LogP contribution >= 0.6 is 11.3 Å². The van der Waals surface area contributed by atoms with Crippen molar-refractivity contribution in [2.45, 2.75) is 13.0 Å². The second kappa shape index (κ2) is 8.77. The summed E-state index contributed by atoms with van der Waals surface area (Å²) in [6.07, 6.45) is 0.749. The Morgan fingerprint density at radius 3 is 2.64 bits per heavy atom. The number of carbonyl (C=O) groups is 2. The highest BCUT2D eigenvalue weighted by Crippen LogP contribution is 2.38. The van der Waals surface area contributed by atoms with Gasteiger partial charge in [-0.15, -0.1) is 11.3 Å². The van der Waals surface area contributed by atoms with E-state index in [0.29, 0.717) is 16.1 Å². The normalized spacial score (nSPS) is 13.5. The molecule has 1 N–H and O–H groups in total. The van der Waals surface area contributed by atoms with Crippen LogP contribution in [0.2, 0.25) is 0 Å². The number of rotatable bonds is 4. The first-order valence-corrected chi connectivity index (χ1v) is 11.5. The summed E-state index contributed by atoms with van der Waals surface area (Å²) in [5.41, 5.74) is 4.36. The van der Waals surface area contributed by atoms with Crippen LogP contribution in [0.25, 0.3) is 22.2 Å². The first kappa shape index (κ1) is 21.3. The summed E-state index contributed by atoms with van der Waals surface area (Å²) >= 11 is 1.45. The maximum absolute atomic E-state index is 13.6. The second-order valence-corrected chi connectivity index (χ2v) is 9.18. The highest BCUT2D eigenvalue weighted by molar-refractivity contribution is 7.17. The van der Waals surface area contributed by atoms with Gasteiger partial charge in [-0.1, -0.05) is 48.5 Å².